The molecule has 2 N–H and O–H groups in total. The Balaban J connectivity index is 0.000000141. The van der Waals surface area contributed by atoms with Crippen LogP contribution in [0.15, 0.2) is 42.5 Å². The Hall–Kier alpha value is -2.82. The first kappa shape index (κ1) is 16.1. The lowest BCUT2D eigenvalue weighted by molar-refractivity contribution is 0.0998. The highest BCUT2D eigenvalue weighted by Crippen LogP contribution is 2.23. The molecule has 4 rings (SSSR count). The number of benzene rings is 2. The molecule has 4 aromatic rings. The standard InChI is InChI=1S/C9H6N2S.C8H6N2OS/c1-6-2-3-9-7(4-6)8(5-10)11-12-9;9-8(11)7-5-3-1-2-4-6(5)12-10-7/h2-4H,1H3;1-4H,(H2,9,11). The second-order valence-electron chi connectivity index (χ2n) is 5.03. The number of amides is 1. The fourth-order valence-corrected chi connectivity index (χ4v) is 3.69. The van der Waals surface area contributed by atoms with Gasteiger partial charge in [-0.15, -0.1) is 0 Å². The number of aromatic nitrogens is 2. The van der Waals surface area contributed by atoms with Gasteiger partial charge in [-0.25, -0.2) is 0 Å². The Morgan fingerprint density at radius 2 is 1.79 bits per heavy atom. The van der Waals surface area contributed by atoms with Gasteiger partial charge in [0.05, 0.1) is 9.40 Å². The van der Waals surface area contributed by atoms with E-state index in [0.29, 0.717) is 11.4 Å². The van der Waals surface area contributed by atoms with Crippen LogP contribution in [0.1, 0.15) is 21.7 Å². The zero-order valence-electron chi connectivity index (χ0n) is 12.7. The Morgan fingerprint density at radius 3 is 2.54 bits per heavy atom. The molecule has 7 heteroatoms. The molecule has 0 saturated carbocycles. The molecule has 118 valence electrons. The zero-order chi connectivity index (χ0) is 17.1. The maximum absolute atomic E-state index is 10.8. The molecule has 0 spiro atoms. The van der Waals surface area contributed by atoms with Gasteiger partial charge in [-0.2, -0.15) is 14.0 Å². The van der Waals surface area contributed by atoms with Crippen LogP contribution < -0.4 is 5.73 Å². The number of rotatable bonds is 1. The van der Waals surface area contributed by atoms with Gasteiger partial charge in [0.15, 0.2) is 5.69 Å². The number of nitrogens with zero attached hydrogens (tertiary/aromatic N) is 3. The van der Waals surface area contributed by atoms with Crippen LogP contribution in [-0.4, -0.2) is 14.7 Å². The molecule has 0 radical (unpaired) electrons. The van der Waals surface area contributed by atoms with Crippen molar-refractivity contribution >= 4 is 49.1 Å². The van der Waals surface area contributed by atoms with Gasteiger partial charge < -0.3 is 5.73 Å². The van der Waals surface area contributed by atoms with Crippen LogP contribution in [0.2, 0.25) is 0 Å². The Kier molecular flexibility index (Phi) is 4.51. The minimum Gasteiger partial charge on any atom is -0.364 e. The van der Waals surface area contributed by atoms with Crippen molar-refractivity contribution in [3.8, 4) is 6.07 Å². The minimum absolute atomic E-state index is 0.371. The number of carbonyl (C=O) groups excluding carboxylic acids is 1. The van der Waals surface area contributed by atoms with Crippen LogP contribution in [0.5, 0.6) is 0 Å². The van der Waals surface area contributed by atoms with Gasteiger partial charge in [0.1, 0.15) is 11.8 Å². The van der Waals surface area contributed by atoms with E-state index in [0.717, 1.165) is 20.2 Å². The fraction of sp³-hybridized carbons (Fsp3) is 0.0588. The number of nitriles is 1. The van der Waals surface area contributed by atoms with E-state index in [9.17, 15) is 4.79 Å². The maximum Gasteiger partial charge on any atom is 0.269 e. The van der Waals surface area contributed by atoms with Crippen molar-refractivity contribution in [2.45, 2.75) is 6.92 Å². The van der Waals surface area contributed by atoms with Gasteiger partial charge in [0.2, 0.25) is 0 Å². The molecular weight excluding hydrogens is 340 g/mol. The largest absolute Gasteiger partial charge is 0.364 e. The third kappa shape index (κ3) is 3.11. The summed E-state index contributed by atoms with van der Waals surface area (Å²) in [6.07, 6.45) is 0. The second-order valence-corrected chi connectivity index (χ2v) is 6.64. The zero-order valence-corrected chi connectivity index (χ0v) is 14.3. The molecule has 2 aromatic carbocycles. The second kappa shape index (κ2) is 6.74. The van der Waals surface area contributed by atoms with Crippen LogP contribution in [0, 0.1) is 18.3 Å². The van der Waals surface area contributed by atoms with Crippen molar-refractivity contribution in [1.82, 2.24) is 8.75 Å². The number of hydrogen-bond acceptors (Lipinski definition) is 6. The summed E-state index contributed by atoms with van der Waals surface area (Å²) in [5.74, 6) is -0.465. The predicted molar refractivity (Wildman–Crippen MR) is 97.2 cm³/mol. The highest BCUT2D eigenvalue weighted by molar-refractivity contribution is 7.13. The number of primary amides is 1. The average molecular weight is 352 g/mol. The average Bonchev–Trinajstić information content (AvgIpc) is 3.18. The summed E-state index contributed by atoms with van der Waals surface area (Å²) in [5, 5.41) is 10.5. The third-order valence-electron chi connectivity index (χ3n) is 3.34. The summed E-state index contributed by atoms with van der Waals surface area (Å²) >= 11 is 2.67. The smallest absolute Gasteiger partial charge is 0.269 e. The summed E-state index contributed by atoms with van der Waals surface area (Å²) < 4.78 is 10.1. The number of hydrogen-bond donors (Lipinski definition) is 1. The third-order valence-corrected chi connectivity index (χ3v) is 5.00. The van der Waals surface area contributed by atoms with Crippen molar-refractivity contribution < 1.29 is 4.79 Å². The van der Waals surface area contributed by atoms with Gasteiger partial charge in [0, 0.05) is 10.8 Å². The first-order valence-electron chi connectivity index (χ1n) is 7.00. The molecular formula is C17H12N4OS2. The van der Waals surface area contributed by atoms with Crippen LogP contribution in [0.3, 0.4) is 0 Å². The van der Waals surface area contributed by atoms with Gasteiger partial charge in [-0.1, -0.05) is 29.8 Å². The molecule has 24 heavy (non-hydrogen) atoms. The molecule has 0 fully saturated rings. The van der Waals surface area contributed by atoms with E-state index in [-0.39, 0.29) is 0 Å². The first-order chi connectivity index (χ1) is 11.6. The highest BCUT2D eigenvalue weighted by Gasteiger charge is 2.09. The number of nitrogens with two attached hydrogens (primary N) is 1. The van der Waals surface area contributed by atoms with Crippen LogP contribution >= 0.6 is 23.1 Å². The van der Waals surface area contributed by atoms with E-state index < -0.39 is 5.91 Å². The maximum atomic E-state index is 10.8. The molecule has 0 saturated heterocycles. The Bertz CT molecular complexity index is 1080. The minimum atomic E-state index is -0.465. The summed E-state index contributed by atoms with van der Waals surface area (Å²) in [4.78, 5) is 10.8. The molecule has 0 atom stereocenters. The van der Waals surface area contributed by atoms with Crippen molar-refractivity contribution in [2.24, 2.45) is 5.73 Å². The van der Waals surface area contributed by atoms with Gasteiger partial charge in [0.25, 0.3) is 5.91 Å². The van der Waals surface area contributed by atoms with Crippen LogP contribution in [0.25, 0.3) is 20.2 Å². The Labute approximate surface area is 146 Å². The first-order valence-corrected chi connectivity index (χ1v) is 8.55. The van der Waals surface area contributed by atoms with Gasteiger partial charge in [-0.05, 0) is 48.2 Å². The van der Waals surface area contributed by atoms with E-state index in [1.807, 2.05) is 49.4 Å². The monoisotopic (exact) mass is 352 g/mol. The fourth-order valence-electron chi connectivity index (χ4n) is 2.20. The molecule has 0 aliphatic carbocycles. The normalized spacial score (nSPS) is 10.2. The molecule has 0 unspecified atom stereocenters. The molecule has 0 aliphatic heterocycles. The lowest BCUT2D eigenvalue weighted by Crippen LogP contribution is -2.11. The van der Waals surface area contributed by atoms with E-state index in [1.165, 1.54) is 28.6 Å². The molecule has 0 bridgehead atoms. The van der Waals surface area contributed by atoms with Crippen LogP contribution in [0.4, 0.5) is 0 Å². The van der Waals surface area contributed by atoms with Gasteiger partial charge >= 0.3 is 0 Å². The number of aryl methyl sites for hydroxylation is 1. The SMILES string of the molecule is Cc1ccc2snc(C#N)c2c1.NC(=O)c1nsc2ccccc12. The number of carbonyl (C=O) groups is 1. The lowest BCUT2D eigenvalue weighted by atomic mass is 10.1. The summed E-state index contributed by atoms with van der Waals surface area (Å²) in [5.41, 5.74) is 7.21. The van der Waals surface area contributed by atoms with Gasteiger partial charge in [-0.3, -0.25) is 4.79 Å². The molecule has 2 aromatic heterocycles. The van der Waals surface area contributed by atoms with Crippen molar-refractivity contribution in [3.63, 3.8) is 0 Å². The van der Waals surface area contributed by atoms with Crippen LogP contribution in [-0.2, 0) is 0 Å². The topological polar surface area (TPSA) is 92.7 Å². The lowest BCUT2D eigenvalue weighted by Gasteiger charge is -1.90. The number of fused-ring (bicyclic) bond motifs is 2. The van der Waals surface area contributed by atoms with Crippen molar-refractivity contribution in [1.29, 1.82) is 5.26 Å². The van der Waals surface area contributed by atoms with E-state index in [2.05, 4.69) is 14.8 Å². The quantitative estimate of drug-likeness (QED) is 0.563. The molecule has 2 heterocycles. The predicted octanol–water partition coefficient (Wildman–Crippen LogP) is 3.87. The van der Waals surface area contributed by atoms with E-state index in [4.69, 9.17) is 11.0 Å². The Morgan fingerprint density at radius 1 is 1.08 bits per heavy atom. The summed E-state index contributed by atoms with van der Waals surface area (Å²) in [6, 6.07) is 15.6. The molecule has 1 amide bonds. The highest BCUT2D eigenvalue weighted by atomic mass is 32.1. The van der Waals surface area contributed by atoms with E-state index in [1.54, 1.807) is 0 Å². The van der Waals surface area contributed by atoms with Crippen molar-refractivity contribution in [2.75, 3.05) is 0 Å². The molecule has 5 nitrogen and oxygen atoms in total. The van der Waals surface area contributed by atoms with Crippen molar-refractivity contribution in [3.05, 3.63) is 59.4 Å². The van der Waals surface area contributed by atoms with E-state index >= 15 is 0 Å². The summed E-state index contributed by atoms with van der Waals surface area (Å²) in [6.45, 7) is 2.01. The molecule has 0 aliphatic rings. The summed E-state index contributed by atoms with van der Waals surface area (Å²) in [7, 11) is 0.